The Morgan fingerprint density at radius 2 is 1.34 bits per heavy atom. The lowest BCUT2D eigenvalue weighted by Gasteiger charge is -2.06. The fraction of sp³-hybridized carbons (Fsp3) is 0.455. The van der Waals surface area contributed by atoms with Crippen LogP contribution in [-0.4, -0.2) is 48.8 Å². The van der Waals surface area contributed by atoms with Gasteiger partial charge in [0.1, 0.15) is 25.1 Å². The summed E-state index contributed by atoms with van der Waals surface area (Å²) >= 11 is 0. The first-order valence-electron chi connectivity index (χ1n) is 9.80. The van der Waals surface area contributed by atoms with Gasteiger partial charge in [0.2, 0.25) is 0 Å². The summed E-state index contributed by atoms with van der Waals surface area (Å²) in [5.74, 6) is 0. The lowest BCUT2D eigenvalue weighted by molar-refractivity contribution is 0.141. The van der Waals surface area contributed by atoms with Crippen molar-refractivity contribution in [2.24, 2.45) is 10.3 Å². The molecule has 0 radical (unpaired) electrons. The van der Waals surface area contributed by atoms with Crippen LogP contribution in [0.2, 0.25) is 0 Å². The van der Waals surface area contributed by atoms with E-state index in [4.69, 9.17) is 14.4 Å². The molecule has 0 saturated carbocycles. The Morgan fingerprint density at radius 1 is 0.793 bits per heavy atom. The van der Waals surface area contributed by atoms with E-state index in [9.17, 15) is 0 Å². The zero-order valence-electron chi connectivity index (χ0n) is 17.7. The van der Waals surface area contributed by atoms with Gasteiger partial charge in [-0.15, -0.1) is 0 Å². The Kier molecular flexibility index (Phi) is 9.78. The van der Waals surface area contributed by atoms with E-state index in [-0.39, 0.29) is 0 Å². The zero-order chi connectivity index (χ0) is 20.9. The monoisotopic (exact) mass is 398 g/mol. The molecule has 0 fully saturated rings. The van der Waals surface area contributed by atoms with Crippen molar-refractivity contribution in [2.75, 3.05) is 27.4 Å². The third kappa shape index (κ3) is 7.99. The molecule has 7 nitrogen and oxygen atoms in total. The van der Waals surface area contributed by atoms with Crippen LogP contribution < -0.4 is 0 Å². The minimum Gasteiger partial charge on any atom is -0.399 e. The summed E-state index contributed by atoms with van der Waals surface area (Å²) in [5, 5.41) is 8.13. The van der Waals surface area contributed by atoms with Crippen molar-refractivity contribution >= 4 is 11.4 Å². The zero-order valence-corrected chi connectivity index (χ0v) is 17.7. The Balaban J connectivity index is 1.81. The molecule has 2 aromatic heterocycles. The number of hydrogen-bond donors (Lipinski definition) is 0. The SMILES string of the molecule is COCCCc1cccc(C(C)=NOCCCc2cccc(C(C)=NOC)n2)n1. The van der Waals surface area contributed by atoms with Gasteiger partial charge in [-0.1, -0.05) is 22.4 Å². The minimum atomic E-state index is 0.516. The molecule has 0 aromatic carbocycles. The van der Waals surface area contributed by atoms with Gasteiger partial charge in [0.25, 0.3) is 0 Å². The van der Waals surface area contributed by atoms with Gasteiger partial charge in [-0.2, -0.15) is 0 Å². The maximum Gasteiger partial charge on any atom is 0.117 e. The molecule has 156 valence electrons. The van der Waals surface area contributed by atoms with Crippen LogP contribution in [0.1, 0.15) is 49.5 Å². The van der Waals surface area contributed by atoms with Gasteiger partial charge < -0.3 is 14.4 Å². The third-order valence-electron chi connectivity index (χ3n) is 4.23. The molecule has 2 aromatic rings. The Morgan fingerprint density at radius 3 is 1.90 bits per heavy atom. The number of ether oxygens (including phenoxy) is 1. The fourth-order valence-corrected chi connectivity index (χ4v) is 2.73. The van der Waals surface area contributed by atoms with E-state index in [2.05, 4.69) is 20.3 Å². The first-order chi connectivity index (χ1) is 14.1. The molecule has 0 saturated heterocycles. The van der Waals surface area contributed by atoms with Gasteiger partial charge in [0.05, 0.1) is 11.4 Å². The molecule has 0 spiro atoms. The van der Waals surface area contributed by atoms with E-state index in [1.54, 1.807) is 7.11 Å². The molecule has 29 heavy (non-hydrogen) atoms. The molecule has 0 aliphatic heterocycles. The molecule has 2 rings (SSSR count). The van der Waals surface area contributed by atoms with Crippen molar-refractivity contribution in [2.45, 2.75) is 39.5 Å². The predicted octanol–water partition coefficient (Wildman–Crippen LogP) is 3.80. The molecule has 0 unspecified atom stereocenters. The maximum absolute atomic E-state index is 5.48. The van der Waals surface area contributed by atoms with Gasteiger partial charge in [0, 0.05) is 25.1 Å². The number of rotatable bonds is 12. The van der Waals surface area contributed by atoms with Gasteiger partial charge in [-0.05, 0) is 63.8 Å². The second-order valence-electron chi connectivity index (χ2n) is 6.60. The number of nitrogens with zero attached hydrogens (tertiary/aromatic N) is 4. The molecule has 0 bridgehead atoms. The third-order valence-corrected chi connectivity index (χ3v) is 4.23. The van der Waals surface area contributed by atoms with Crippen molar-refractivity contribution < 1.29 is 14.4 Å². The van der Waals surface area contributed by atoms with E-state index in [0.29, 0.717) is 6.61 Å². The highest BCUT2D eigenvalue weighted by Gasteiger charge is 2.04. The Bertz CT molecular complexity index is 821. The highest BCUT2D eigenvalue weighted by molar-refractivity contribution is 5.96. The van der Waals surface area contributed by atoms with Crippen LogP contribution in [0.5, 0.6) is 0 Å². The van der Waals surface area contributed by atoms with E-state index >= 15 is 0 Å². The van der Waals surface area contributed by atoms with Crippen molar-refractivity contribution in [1.29, 1.82) is 0 Å². The molecular formula is C22H30N4O3. The standard InChI is InChI=1S/C22H30N4O3/c1-17(25-28-4)21-13-5-10-20(23-21)12-8-16-29-26-18(2)22-14-6-9-19(24-22)11-7-15-27-3/h5-6,9-10,13-14H,7-8,11-12,15-16H2,1-4H3. The second-order valence-corrected chi connectivity index (χ2v) is 6.60. The quantitative estimate of drug-likeness (QED) is 0.309. The molecule has 7 heteroatoms. The molecule has 0 aliphatic rings. The lowest BCUT2D eigenvalue weighted by atomic mass is 10.2. The average Bonchev–Trinajstić information content (AvgIpc) is 2.74. The number of hydrogen-bond acceptors (Lipinski definition) is 7. The highest BCUT2D eigenvalue weighted by atomic mass is 16.6. The van der Waals surface area contributed by atoms with Crippen LogP contribution in [-0.2, 0) is 27.3 Å². The summed E-state index contributed by atoms with van der Waals surface area (Å²) in [7, 11) is 3.24. The summed E-state index contributed by atoms with van der Waals surface area (Å²) in [6, 6.07) is 11.9. The summed E-state index contributed by atoms with van der Waals surface area (Å²) in [4.78, 5) is 19.5. The summed E-state index contributed by atoms with van der Waals surface area (Å²) in [6.07, 6.45) is 3.45. The Labute approximate surface area is 172 Å². The van der Waals surface area contributed by atoms with E-state index in [1.165, 1.54) is 7.11 Å². The van der Waals surface area contributed by atoms with E-state index < -0.39 is 0 Å². The van der Waals surface area contributed by atoms with E-state index in [0.717, 1.165) is 66.5 Å². The summed E-state index contributed by atoms with van der Waals surface area (Å²) < 4.78 is 5.09. The molecule has 0 atom stereocenters. The van der Waals surface area contributed by atoms with Crippen LogP contribution in [0.25, 0.3) is 0 Å². The van der Waals surface area contributed by atoms with Crippen LogP contribution in [0, 0.1) is 0 Å². The smallest absolute Gasteiger partial charge is 0.117 e. The van der Waals surface area contributed by atoms with Crippen molar-refractivity contribution in [3.05, 3.63) is 59.2 Å². The number of methoxy groups -OCH3 is 1. The predicted molar refractivity (Wildman–Crippen MR) is 114 cm³/mol. The average molecular weight is 399 g/mol. The maximum atomic E-state index is 5.48. The number of pyridine rings is 2. The molecule has 0 N–H and O–H groups in total. The van der Waals surface area contributed by atoms with Gasteiger partial charge in [0.15, 0.2) is 0 Å². The minimum absolute atomic E-state index is 0.516. The highest BCUT2D eigenvalue weighted by Crippen LogP contribution is 2.06. The van der Waals surface area contributed by atoms with Crippen LogP contribution in [0.3, 0.4) is 0 Å². The van der Waals surface area contributed by atoms with Crippen LogP contribution >= 0.6 is 0 Å². The summed E-state index contributed by atoms with van der Waals surface area (Å²) in [5.41, 5.74) is 5.20. The van der Waals surface area contributed by atoms with Gasteiger partial charge >= 0.3 is 0 Å². The van der Waals surface area contributed by atoms with Crippen molar-refractivity contribution in [3.63, 3.8) is 0 Å². The largest absolute Gasteiger partial charge is 0.399 e. The molecule has 2 heterocycles. The number of aryl methyl sites for hydroxylation is 2. The second kappa shape index (κ2) is 12.6. The fourth-order valence-electron chi connectivity index (χ4n) is 2.73. The Hall–Kier alpha value is -2.80. The van der Waals surface area contributed by atoms with Crippen molar-refractivity contribution in [3.8, 4) is 0 Å². The van der Waals surface area contributed by atoms with Crippen LogP contribution in [0.15, 0.2) is 46.7 Å². The molecular weight excluding hydrogens is 368 g/mol. The topological polar surface area (TPSA) is 78.2 Å². The normalized spacial score (nSPS) is 12.1. The van der Waals surface area contributed by atoms with Crippen molar-refractivity contribution in [1.82, 2.24) is 9.97 Å². The lowest BCUT2D eigenvalue weighted by Crippen LogP contribution is -2.05. The number of aromatic nitrogens is 2. The molecule has 0 amide bonds. The molecule has 0 aliphatic carbocycles. The van der Waals surface area contributed by atoms with Crippen LogP contribution in [0.4, 0.5) is 0 Å². The van der Waals surface area contributed by atoms with E-state index in [1.807, 2.05) is 50.2 Å². The first-order valence-corrected chi connectivity index (χ1v) is 9.80. The summed E-state index contributed by atoms with van der Waals surface area (Å²) in [6.45, 7) is 5.03. The van der Waals surface area contributed by atoms with Gasteiger partial charge in [-0.25, -0.2) is 0 Å². The first kappa shape index (κ1) is 22.5. The van der Waals surface area contributed by atoms with Gasteiger partial charge in [-0.3, -0.25) is 9.97 Å². The number of oxime groups is 2.